The number of hydrogen-bond donors (Lipinski definition) is 0. The van der Waals surface area contributed by atoms with Crippen LogP contribution < -0.4 is 19.6 Å². The molecule has 3 heterocycles. The van der Waals surface area contributed by atoms with Crippen LogP contribution in [0.3, 0.4) is 0 Å². The van der Waals surface area contributed by atoms with Gasteiger partial charge in [-0.05, 0) is 24.6 Å². The molecule has 1 atom stereocenters. The second-order valence-corrected chi connectivity index (χ2v) is 5.52. The fourth-order valence-corrected chi connectivity index (χ4v) is 3.00. The van der Waals surface area contributed by atoms with Gasteiger partial charge in [-0.15, -0.1) is 0 Å². The molecule has 2 aromatic rings. The lowest BCUT2D eigenvalue weighted by Gasteiger charge is -2.14. The topological polar surface area (TPSA) is 49.7 Å². The Morgan fingerprint density at radius 3 is 2.95 bits per heavy atom. The Hall–Kier alpha value is -2.43. The number of nitrogens with zero attached hydrogens (tertiary/aromatic N) is 1. The van der Waals surface area contributed by atoms with Crippen LogP contribution in [0.1, 0.15) is 12.5 Å². The van der Waals surface area contributed by atoms with Gasteiger partial charge in [0.2, 0.25) is 12.7 Å². The molecule has 1 aromatic heterocycles. The van der Waals surface area contributed by atoms with Crippen LogP contribution >= 0.6 is 0 Å². The van der Waals surface area contributed by atoms with Crippen molar-refractivity contribution in [2.24, 2.45) is 7.05 Å². The summed E-state index contributed by atoms with van der Waals surface area (Å²) in [6, 6.07) is 3.57. The van der Waals surface area contributed by atoms with E-state index in [1.165, 1.54) is 0 Å². The Morgan fingerprint density at radius 1 is 1.38 bits per heavy atom. The second kappa shape index (κ2) is 4.04. The van der Waals surface area contributed by atoms with Crippen LogP contribution in [0.5, 0.6) is 17.4 Å². The van der Waals surface area contributed by atoms with Gasteiger partial charge in [-0.25, -0.2) is 0 Å². The molecule has 21 heavy (non-hydrogen) atoms. The number of aromatic nitrogens is 1. The third-order valence-electron chi connectivity index (χ3n) is 4.12. The van der Waals surface area contributed by atoms with E-state index in [0.29, 0.717) is 34.7 Å². The summed E-state index contributed by atoms with van der Waals surface area (Å²) in [4.78, 5) is 12.7. The molecular formula is C16H15NO4. The third-order valence-corrected chi connectivity index (χ3v) is 4.12. The van der Waals surface area contributed by atoms with Gasteiger partial charge in [-0.2, -0.15) is 0 Å². The first-order valence-electron chi connectivity index (χ1n) is 6.84. The van der Waals surface area contributed by atoms with Crippen molar-refractivity contribution in [1.29, 1.82) is 0 Å². The Kier molecular flexibility index (Phi) is 2.37. The van der Waals surface area contributed by atoms with Crippen molar-refractivity contribution in [3.63, 3.8) is 0 Å². The van der Waals surface area contributed by atoms with Gasteiger partial charge in [0.25, 0.3) is 0 Å². The molecule has 0 spiro atoms. The van der Waals surface area contributed by atoms with Gasteiger partial charge in [0, 0.05) is 13.5 Å². The standard InChI is InChI=1S/C16H15NO4/c1-8(2)12-6-10-14(18)9-4-5-11-15(20-7-19-11)13(9)17(3)16(10)21-12/h4-5,12H,1,6-7H2,2-3H3/t12-/m1/s1. The molecular weight excluding hydrogens is 270 g/mol. The number of ether oxygens (including phenoxy) is 3. The van der Waals surface area contributed by atoms with Gasteiger partial charge in [0.05, 0.1) is 10.9 Å². The Bertz CT molecular complexity index is 850. The van der Waals surface area contributed by atoms with E-state index in [4.69, 9.17) is 14.2 Å². The number of aryl methyl sites for hydroxylation is 1. The molecule has 0 amide bonds. The minimum absolute atomic E-state index is 0.000139. The molecule has 0 radical (unpaired) electrons. The highest BCUT2D eigenvalue weighted by atomic mass is 16.7. The van der Waals surface area contributed by atoms with Crippen molar-refractivity contribution in [1.82, 2.24) is 4.57 Å². The molecule has 0 unspecified atom stereocenters. The summed E-state index contributed by atoms with van der Waals surface area (Å²) < 4.78 is 18.7. The first-order valence-corrected chi connectivity index (χ1v) is 6.84. The van der Waals surface area contributed by atoms with Crippen LogP contribution in [0.15, 0.2) is 29.1 Å². The van der Waals surface area contributed by atoms with Gasteiger partial charge in [0.1, 0.15) is 11.6 Å². The van der Waals surface area contributed by atoms with Gasteiger partial charge >= 0.3 is 0 Å². The van der Waals surface area contributed by atoms with Crippen molar-refractivity contribution < 1.29 is 14.2 Å². The SMILES string of the molecule is C=C(C)[C@H]1Cc2c(n(C)c3c4c(ccc3c2=O)OCO4)O1. The van der Waals surface area contributed by atoms with Crippen molar-refractivity contribution in [3.8, 4) is 17.4 Å². The molecule has 0 saturated heterocycles. The molecule has 5 heteroatoms. The smallest absolute Gasteiger partial charge is 0.231 e. The van der Waals surface area contributed by atoms with Crippen molar-refractivity contribution >= 4 is 10.9 Å². The lowest BCUT2D eigenvalue weighted by atomic mass is 10.0. The van der Waals surface area contributed by atoms with Crippen LogP contribution in [-0.4, -0.2) is 17.5 Å². The predicted molar refractivity (Wildman–Crippen MR) is 78.2 cm³/mol. The van der Waals surface area contributed by atoms with Gasteiger partial charge < -0.3 is 18.8 Å². The lowest BCUT2D eigenvalue weighted by Crippen LogP contribution is -2.14. The van der Waals surface area contributed by atoms with E-state index >= 15 is 0 Å². The number of hydrogen-bond acceptors (Lipinski definition) is 4. The maximum absolute atomic E-state index is 12.7. The lowest BCUT2D eigenvalue weighted by molar-refractivity contribution is 0.174. The van der Waals surface area contributed by atoms with Gasteiger partial charge in [-0.1, -0.05) is 6.58 Å². The Balaban J connectivity index is 2.06. The summed E-state index contributed by atoms with van der Waals surface area (Å²) in [7, 11) is 1.88. The predicted octanol–water partition coefficient (Wildman–Crippen LogP) is 2.15. The molecule has 0 aliphatic carbocycles. The number of fused-ring (bicyclic) bond motifs is 4. The van der Waals surface area contributed by atoms with Crippen LogP contribution in [0.4, 0.5) is 0 Å². The zero-order chi connectivity index (χ0) is 14.7. The minimum Gasteiger partial charge on any atom is -0.470 e. The summed E-state index contributed by atoms with van der Waals surface area (Å²) in [6.45, 7) is 6.01. The minimum atomic E-state index is -0.138. The summed E-state index contributed by atoms with van der Waals surface area (Å²) in [5.41, 5.74) is 2.34. The van der Waals surface area contributed by atoms with Gasteiger partial charge in [-0.3, -0.25) is 4.79 Å². The highest BCUT2D eigenvalue weighted by Crippen LogP contribution is 2.41. The normalized spacial score (nSPS) is 18.7. The van der Waals surface area contributed by atoms with Gasteiger partial charge in [0.15, 0.2) is 16.9 Å². The molecule has 2 aliphatic rings. The highest BCUT2D eigenvalue weighted by molar-refractivity contribution is 5.89. The first-order chi connectivity index (χ1) is 10.1. The molecule has 108 valence electrons. The largest absolute Gasteiger partial charge is 0.470 e. The average Bonchev–Trinajstić information content (AvgIpc) is 3.10. The molecule has 1 aromatic carbocycles. The Labute approximate surface area is 121 Å². The van der Waals surface area contributed by atoms with E-state index in [-0.39, 0.29) is 18.3 Å². The first kappa shape index (κ1) is 12.3. The molecule has 2 aliphatic heterocycles. The molecule has 0 bridgehead atoms. The van der Waals surface area contributed by atoms with E-state index in [0.717, 1.165) is 11.1 Å². The summed E-state index contributed by atoms with van der Waals surface area (Å²) in [6.07, 6.45) is 0.433. The monoisotopic (exact) mass is 285 g/mol. The van der Waals surface area contributed by atoms with Crippen LogP contribution in [0, 0.1) is 0 Å². The van der Waals surface area contributed by atoms with E-state index in [1.807, 2.05) is 18.5 Å². The van der Waals surface area contributed by atoms with Crippen LogP contribution in [-0.2, 0) is 13.5 Å². The zero-order valence-corrected chi connectivity index (χ0v) is 11.9. The van der Waals surface area contributed by atoms with Crippen LogP contribution in [0.25, 0.3) is 10.9 Å². The van der Waals surface area contributed by atoms with E-state index in [9.17, 15) is 4.79 Å². The summed E-state index contributed by atoms with van der Waals surface area (Å²) >= 11 is 0. The Morgan fingerprint density at radius 2 is 2.19 bits per heavy atom. The molecule has 0 fully saturated rings. The number of benzene rings is 1. The van der Waals surface area contributed by atoms with Crippen molar-refractivity contribution in [2.45, 2.75) is 19.4 Å². The van der Waals surface area contributed by atoms with Crippen molar-refractivity contribution in [3.05, 3.63) is 40.1 Å². The maximum Gasteiger partial charge on any atom is 0.231 e. The van der Waals surface area contributed by atoms with E-state index in [1.54, 1.807) is 12.1 Å². The average molecular weight is 285 g/mol. The molecule has 0 N–H and O–H groups in total. The summed E-state index contributed by atoms with van der Waals surface area (Å²) in [5.74, 6) is 1.87. The zero-order valence-electron chi connectivity index (χ0n) is 11.9. The molecule has 5 nitrogen and oxygen atoms in total. The maximum atomic E-state index is 12.7. The molecule has 4 rings (SSSR count). The summed E-state index contributed by atoms with van der Waals surface area (Å²) in [5, 5.41) is 0.631. The molecule has 0 saturated carbocycles. The fraction of sp³-hybridized carbons (Fsp3) is 0.312. The number of pyridine rings is 1. The quantitative estimate of drug-likeness (QED) is 0.753. The highest BCUT2D eigenvalue weighted by Gasteiger charge is 2.31. The fourth-order valence-electron chi connectivity index (χ4n) is 3.00. The van der Waals surface area contributed by atoms with Crippen molar-refractivity contribution in [2.75, 3.05) is 6.79 Å². The van der Waals surface area contributed by atoms with Crippen LogP contribution in [0.2, 0.25) is 0 Å². The van der Waals surface area contributed by atoms with E-state index < -0.39 is 0 Å². The second-order valence-electron chi connectivity index (χ2n) is 5.52. The van der Waals surface area contributed by atoms with E-state index in [2.05, 4.69) is 6.58 Å². The third kappa shape index (κ3) is 1.54. The number of rotatable bonds is 1.